The molecule has 0 unspecified atom stereocenters. The molecule has 144 valence electrons. The Kier molecular flexibility index (Phi) is 7.04. The van der Waals surface area contributed by atoms with Crippen LogP contribution < -0.4 is 15.4 Å². The topological polar surface area (TPSA) is 70.6 Å². The van der Waals surface area contributed by atoms with Crippen LogP contribution in [0.2, 0.25) is 0 Å². The molecule has 0 radical (unpaired) electrons. The number of hydrogen-bond acceptors (Lipinski definition) is 4. The first kappa shape index (κ1) is 19.5. The zero-order valence-electron chi connectivity index (χ0n) is 15.6. The van der Waals surface area contributed by atoms with Crippen LogP contribution in [0.25, 0.3) is 0 Å². The van der Waals surface area contributed by atoms with Crippen LogP contribution in [0.1, 0.15) is 15.9 Å². The Morgan fingerprint density at radius 3 is 2.54 bits per heavy atom. The van der Waals surface area contributed by atoms with Gasteiger partial charge in [-0.05, 0) is 29.8 Å². The number of amides is 1. The smallest absolute Gasteiger partial charge is 0.253 e. The van der Waals surface area contributed by atoms with E-state index in [2.05, 4.69) is 22.8 Å². The van der Waals surface area contributed by atoms with E-state index >= 15 is 0 Å². The summed E-state index contributed by atoms with van der Waals surface area (Å²) in [5.41, 5.74) is 3.28. The van der Waals surface area contributed by atoms with E-state index in [1.54, 1.807) is 6.07 Å². The molecule has 0 saturated carbocycles. The summed E-state index contributed by atoms with van der Waals surface area (Å²) in [7, 11) is 0. The molecule has 0 aromatic heterocycles. The summed E-state index contributed by atoms with van der Waals surface area (Å²) < 4.78 is 5.87. The molecule has 0 aliphatic carbocycles. The molecular weight excluding hydrogens is 352 g/mol. The summed E-state index contributed by atoms with van der Waals surface area (Å²) in [4.78, 5) is 12.3. The molecule has 3 rings (SSSR count). The van der Waals surface area contributed by atoms with Crippen molar-refractivity contribution in [2.45, 2.75) is 6.42 Å². The number of para-hydroxylation sites is 1. The third-order valence-electron chi connectivity index (χ3n) is 4.18. The second-order valence-corrected chi connectivity index (χ2v) is 6.26. The van der Waals surface area contributed by atoms with Gasteiger partial charge in [0.25, 0.3) is 5.91 Å². The molecule has 0 atom stereocenters. The van der Waals surface area contributed by atoms with Crippen LogP contribution >= 0.6 is 0 Å². The summed E-state index contributed by atoms with van der Waals surface area (Å²) in [6.07, 6.45) is 0.840. The van der Waals surface area contributed by atoms with Crippen molar-refractivity contribution in [1.82, 2.24) is 5.32 Å². The number of aliphatic hydroxyl groups excluding tert-OH is 1. The summed E-state index contributed by atoms with van der Waals surface area (Å²) in [6, 6.07) is 25.1. The lowest BCUT2D eigenvalue weighted by Gasteiger charge is -2.13. The second-order valence-electron chi connectivity index (χ2n) is 6.26. The number of carbonyl (C=O) groups is 1. The summed E-state index contributed by atoms with van der Waals surface area (Å²) in [5.74, 6) is 0.538. The van der Waals surface area contributed by atoms with Crippen LogP contribution in [-0.2, 0) is 6.42 Å². The molecular formula is C23H24N2O3. The van der Waals surface area contributed by atoms with Gasteiger partial charge in [-0.1, -0.05) is 48.5 Å². The number of aliphatic hydroxyl groups is 1. The highest BCUT2D eigenvalue weighted by atomic mass is 16.5. The molecule has 0 aliphatic heterocycles. The first-order chi connectivity index (χ1) is 13.8. The van der Waals surface area contributed by atoms with E-state index in [4.69, 9.17) is 9.84 Å². The van der Waals surface area contributed by atoms with Gasteiger partial charge in [0.05, 0.1) is 24.5 Å². The van der Waals surface area contributed by atoms with E-state index < -0.39 is 0 Å². The maximum atomic E-state index is 12.3. The fraction of sp³-hybridized carbons (Fsp3) is 0.174. The molecule has 0 heterocycles. The normalized spacial score (nSPS) is 10.3. The number of carbonyl (C=O) groups excluding carboxylic acids is 1. The summed E-state index contributed by atoms with van der Waals surface area (Å²) >= 11 is 0. The van der Waals surface area contributed by atoms with E-state index in [1.165, 1.54) is 5.56 Å². The third-order valence-corrected chi connectivity index (χ3v) is 4.18. The first-order valence-electron chi connectivity index (χ1n) is 9.28. The van der Waals surface area contributed by atoms with E-state index in [-0.39, 0.29) is 19.1 Å². The van der Waals surface area contributed by atoms with Gasteiger partial charge < -0.3 is 20.5 Å². The molecule has 5 heteroatoms. The number of hydrogen-bond donors (Lipinski definition) is 3. The zero-order chi connectivity index (χ0) is 19.6. The average molecular weight is 376 g/mol. The number of nitrogens with one attached hydrogen (secondary N) is 2. The molecule has 5 nitrogen and oxygen atoms in total. The molecule has 3 aromatic rings. The lowest BCUT2D eigenvalue weighted by Crippen LogP contribution is -2.26. The maximum Gasteiger partial charge on any atom is 0.253 e. The van der Waals surface area contributed by atoms with Crippen LogP contribution in [0, 0.1) is 0 Å². The molecule has 28 heavy (non-hydrogen) atoms. The van der Waals surface area contributed by atoms with Gasteiger partial charge in [-0.15, -0.1) is 0 Å². The van der Waals surface area contributed by atoms with Crippen LogP contribution in [0.15, 0.2) is 78.9 Å². The highest BCUT2D eigenvalue weighted by Crippen LogP contribution is 2.24. The average Bonchev–Trinajstić information content (AvgIpc) is 2.73. The fourth-order valence-corrected chi connectivity index (χ4v) is 2.81. The zero-order valence-corrected chi connectivity index (χ0v) is 15.6. The van der Waals surface area contributed by atoms with Gasteiger partial charge in [0.1, 0.15) is 5.75 Å². The largest absolute Gasteiger partial charge is 0.493 e. The van der Waals surface area contributed by atoms with Crippen molar-refractivity contribution >= 4 is 17.3 Å². The van der Waals surface area contributed by atoms with Crippen LogP contribution in [0.3, 0.4) is 0 Å². The fourth-order valence-electron chi connectivity index (χ4n) is 2.81. The van der Waals surface area contributed by atoms with Crippen LogP contribution in [0.5, 0.6) is 5.75 Å². The third kappa shape index (κ3) is 5.59. The second kappa shape index (κ2) is 10.1. The Bertz CT molecular complexity index is 897. The van der Waals surface area contributed by atoms with Crippen LogP contribution in [0.4, 0.5) is 11.4 Å². The number of benzene rings is 3. The van der Waals surface area contributed by atoms with Crippen LogP contribution in [-0.4, -0.2) is 30.8 Å². The summed E-state index contributed by atoms with van der Waals surface area (Å²) in [5, 5.41) is 14.8. The minimum Gasteiger partial charge on any atom is -0.493 e. The molecule has 1 amide bonds. The van der Waals surface area contributed by atoms with Crippen molar-refractivity contribution in [1.29, 1.82) is 0 Å². The van der Waals surface area contributed by atoms with E-state index in [9.17, 15) is 4.79 Å². The van der Waals surface area contributed by atoms with Gasteiger partial charge in [-0.3, -0.25) is 4.79 Å². The van der Waals surface area contributed by atoms with Gasteiger partial charge in [0.2, 0.25) is 0 Å². The van der Waals surface area contributed by atoms with Crippen molar-refractivity contribution in [3.05, 3.63) is 90.0 Å². The Labute approximate surface area is 165 Å². The molecule has 0 fully saturated rings. The highest BCUT2D eigenvalue weighted by Gasteiger charge is 2.10. The Balaban J connectivity index is 1.64. The molecule has 3 N–H and O–H groups in total. The molecule has 0 saturated heterocycles. The van der Waals surface area contributed by atoms with Gasteiger partial charge in [0, 0.05) is 24.7 Å². The lowest BCUT2D eigenvalue weighted by molar-refractivity contribution is 0.0945. The minimum absolute atomic E-state index is 0.0936. The molecule has 0 aliphatic rings. The molecule has 0 spiro atoms. The highest BCUT2D eigenvalue weighted by molar-refractivity contribution is 6.00. The number of rotatable bonds is 9. The first-order valence-corrected chi connectivity index (χ1v) is 9.28. The van der Waals surface area contributed by atoms with E-state index in [0.717, 1.165) is 17.9 Å². The van der Waals surface area contributed by atoms with Crippen molar-refractivity contribution in [2.75, 3.05) is 25.1 Å². The quantitative estimate of drug-likeness (QED) is 0.532. The summed E-state index contributed by atoms with van der Waals surface area (Å²) in [6.45, 7) is 0.717. The molecule has 3 aromatic carbocycles. The van der Waals surface area contributed by atoms with Crippen molar-refractivity contribution in [3.63, 3.8) is 0 Å². The minimum atomic E-state index is -0.229. The van der Waals surface area contributed by atoms with Gasteiger partial charge in [-0.2, -0.15) is 0 Å². The molecule has 0 bridgehead atoms. The predicted octanol–water partition coefficient (Wildman–Crippen LogP) is 3.77. The Morgan fingerprint density at radius 2 is 1.71 bits per heavy atom. The predicted molar refractivity (Wildman–Crippen MR) is 111 cm³/mol. The Morgan fingerprint density at radius 1 is 0.929 bits per heavy atom. The van der Waals surface area contributed by atoms with Crippen molar-refractivity contribution in [2.24, 2.45) is 0 Å². The standard InChI is InChI=1S/C23H24N2O3/c26-15-14-24-23(27)21-11-4-5-12-22(21)25-19-9-6-10-20(17-19)28-16-13-18-7-2-1-3-8-18/h1-12,17,25-26H,13-16H2,(H,24,27). The van der Waals surface area contributed by atoms with Gasteiger partial charge >= 0.3 is 0 Å². The van der Waals surface area contributed by atoms with Gasteiger partial charge in [-0.25, -0.2) is 0 Å². The lowest BCUT2D eigenvalue weighted by atomic mass is 10.1. The van der Waals surface area contributed by atoms with E-state index in [1.807, 2.05) is 60.7 Å². The monoisotopic (exact) mass is 376 g/mol. The van der Waals surface area contributed by atoms with E-state index in [0.29, 0.717) is 17.9 Å². The van der Waals surface area contributed by atoms with Crippen molar-refractivity contribution < 1.29 is 14.6 Å². The number of anilines is 2. The Hall–Kier alpha value is -3.31. The SMILES string of the molecule is O=C(NCCO)c1ccccc1Nc1cccc(OCCc2ccccc2)c1. The van der Waals surface area contributed by atoms with Gasteiger partial charge in [0.15, 0.2) is 0 Å². The maximum absolute atomic E-state index is 12.3. The van der Waals surface area contributed by atoms with Crippen molar-refractivity contribution in [3.8, 4) is 5.75 Å². The number of ether oxygens (including phenoxy) is 1.